The maximum atomic E-state index is 13.2. The monoisotopic (exact) mass is 493 g/mol. The number of aliphatic hydroxyl groups excluding tert-OH is 1. The van der Waals surface area contributed by atoms with E-state index < -0.39 is 17.7 Å². The highest BCUT2D eigenvalue weighted by atomic mass is 32.1. The minimum atomic E-state index is -0.891. The number of Topliss-reactive ketones (excluding diaryl/α,β-unsaturated/α-hetero) is 1. The Morgan fingerprint density at radius 3 is 2.49 bits per heavy atom. The van der Waals surface area contributed by atoms with Gasteiger partial charge >= 0.3 is 5.91 Å². The van der Waals surface area contributed by atoms with Crippen molar-refractivity contribution in [3.63, 3.8) is 0 Å². The molecule has 1 aliphatic rings. The standard InChI is InChI=1S/C26H27N3O5S/c1-15(2)12-13-34-20-7-5-6-18(14-20)22-21(23(30)17-8-10-19(33-4)11-9-17)24(31)25(32)29(22)26-28-27-16(3)35-26/h5-11,14-15,22,30H,12-13H2,1-4H3. The summed E-state index contributed by atoms with van der Waals surface area (Å²) in [5.41, 5.74) is 0.994. The number of ketones is 1. The van der Waals surface area contributed by atoms with Crippen LogP contribution >= 0.6 is 11.3 Å². The van der Waals surface area contributed by atoms with Gasteiger partial charge in [-0.05, 0) is 61.2 Å². The Morgan fingerprint density at radius 1 is 1.11 bits per heavy atom. The quantitative estimate of drug-likeness (QED) is 0.270. The highest BCUT2D eigenvalue weighted by Crippen LogP contribution is 2.43. The molecule has 0 bridgehead atoms. The molecule has 182 valence electrons. The summed E-state index contributed by atoms with van der Waals surface area (Å²) in [7, 11) is 1.54. The molecule has 2 aromatic carbocycles. The molecule has 0 saturated carbocycles. The Hall–Kier alpha value is -3.72. The van der Waals surface area contributed by atoms with E-state index in [4.69, 9.17) is 9.47 Å². The SMILES string of the molecule is COc1ccc(C(O)=C2C(=O)C(=O)N(c3nnc(C)s3)C2c2cccc(OCCC(C)C)c2)cc1. The number of hydrogen-bond donors (Lipinski definition) is 1. The third kappa shape index (κ3) is 5.05. The van der Waals surface area contributed by atoms with Crippen molar-refractivity contribution in [1.29, 1.82) is 0 Å². The molecule has 9 heteroatoms. The Labute approximate surface area is 207 Å². The molecule has 1 amide bonds. The second kappa shape index (κ2) is 10.3. The number of anilines is 1. The molecule has 1 unspecified atom stereocenters. The molecule has 4 rings (SSSR count). The second-order valence-corrected chi connectivity index (χ2v) is 9.76. The molecule has 0 radical (unpaired) electrons. The number of hydrogen-bond acceptors (Lipinski definition) is 8. The summed E-state index contributed by atoms with van der Waals surface area (Å²) in [6.45, 7) is 6.56. The Bertz CT molecular complexity index is 1270. The van der Waals surface area contributed by atoms with Crippen LogP contribution in [0.2, 0.25) is 0 Å². The number of carbonyl (C=O) groups excluding carboxylic acids is 2. The number of benzene rings is 2. The summed E-state index contributed by atoms with van der Waals surface area (Å²) in [5.74, 6) is -0.114. The fourth-order valence-electron chi connectivity index (χ4n) is 3.82. The van der Waals surface area contributed by atoms with Crippen molar-refractivity contribution in [2.24, 2.45) is 5.92 Å². The predicted octanol–water partition coefficient (Wildman–Crippen LogP) is 4.91. The smallest absolute Gasteiger partial charge is 0.301 e. The number of aromatic nitrogens is 2. The third-order valence-electron chi connectivity index (χ3n) is 5.67. The molecule has 1 aliphatic heterocycles. The number of aryl methyl sites for hydroxylation is 1. The van der Waals surface area contributed by atoms with Crippen LogP contribution in [-0.4, -0.2) is 40.7 Å². The predicted molar refractivity (Wildman–Crippen MR) is 134 cm³/mol. The first kappa shape index (κ1) is 24.4. The van der Waals surface area contributed by atoms with Gasteiger partial charge in [-0.15, -0.1) is 10.2 Å². The lowest BCUT2D eigenvalue weighted by atomic mass is 9.95. The number of nitrogens with zero attached hydrogens (tertiary/aromatic N) is 3. The topological polar surface area (TPSA) is 102 Å². The molecule has 1 fully saturated rings. The first-order valence-electron chi connectivity index (χ1n) is 11.3. The van der Waals surface area contributed by atoms with E-state index in [1.165, 1.54) is 16.2 Å². The van der Waals surface area contributed by atoms with Crippen molar-refractivity contribution in [1.82, 2.24) is 10.2 Å². The average molecular weight is 494 g/mol. The van der Waals surface area contributed by atoms with Crippen LogP contribution in [0.15, 0.2) is 54.1 Å². The van der Waals surface area contributed by atoms with Gasteiger partial charge in [0.25, 0.3) is 5.78 Å². The van der Waals surface area contributed by atoms with Gasteiger partial charge in [-0.3, -0.25) is 14.5 Å². The largest absolute Gasteiger partial charge is 0.507 e. The minimum Gasteiger partial charge on any atom is -0.507 e. The van der Waals surface area contributed by atoms with Crippen molar-refractivity contribution in [3.8, 4) is 11.5 Å². The van der Waals surface area contributed by atoms with E-state index in [1.54, 1.807) is 56.5 Å². The molecule has 0 aliphatic carbocycles. The van der Waals surface area contributed by atoms with E-state index in [2.05, 4.69) is 24.0 Å². The zero-order valence-electron chi connectivity index (χ0n) is 20.0. The maximum Gasteiger partial charge on any atom is 0.301 e. The summed E-state index contributed by atoms with van der Waals surface area (Å²) >= 11 is 1.20. The summed E-state index contributed by atoms with van der Waals surface area (Å²) in [5, 5.41) is 20.3. The third-order valence-corrected chi connectivity index (χ3v) is 6.51. The van der Waals surface area contributed by atoms with E-state index in [0.29, 0.717) is 40.2 Å². The normalized spacial score (nSPS) is 17.3. The van der Waals surface area contributed by atoms with Gasteiger partial charge in [-0.25, -0.2) is 0 Å². The van der Waals surface area contributed by atoms with E-state index in [1.807, 2.05) is 6.07 Å². The van der Waals surface area contributed by atoms with Gasteiger partial charge in [0, 0.05) is 5.56 Å². The van der Waals surface area contributed by atoms with E-state index >= 15 is 0 Å². The van der Waals surface area contributed by atoms with Crippen molar-refractivity contribution < 1.29 is 24.2 Å². The van der Waals surface area contributed by atoms with Crippen LogP contribution < -0.4 is 14.4 Å². The first-order valence-corrected chi connectivity index (χ1v) is 12.1. The fraction of sp³-hybridized carbons (Fsp3) is 0.308. The van der Waals surface area contributed by atoms with Crippen LogP contribution in [0.1, 0.15) is 42.4 Å². The Kier molecular flexibility index (Phi) is 7.16. The zero-order chi connectivity index (χ0) is 25.1. The van der Waals surface area contributed by atoms with E-state index in [9.17, 15) is 14.7 Å². The molecule has 8 nitrogen and oxygen atoms in total. The van der Waals surface area contributed by atoms with E-state index in [-0.39, 0.29) is 16.5 Å². The van der Waals surface area contributed by atoms with Crippen molar-refractivity contribution in [2.75, 3.05) is 18.6 Å². The highest BCUT2D eigenvalue weighted by molar-refractivity contribution is 7.15. The van der Waals surface area contributed by atoms with Gasteiger partial charge < -0.3 is 14.6 Å². The Morgan fingerprint density at radius 2 is 1.86 bits per heavy atom. The minimum absolute atomic E-state index is 0.0210. The van der Waals surface area contributed by atoms with Crippen LogP contribution in [0.4, 0.5) is 5.13 Å². The molecule has 1 atom stereocenters. The molecule has 1 N–H and O–H groups in total. The molecule has 0 spiro atoms. The summed E-state index contributed by atoms with van der Waals surface area (Å²) in [6, 6.07) is 13.0. The number of aliphatic hydroxyl groups is 1. The zero-order valence-corrected chi connectivity index (χ0v) is 20.8. The van der Waals surface area contributed by atoms with Crippen LogP contribution in [0.3, 0.4) is 0 Å². The lowest BCUT2D eigenvalue weighted by Gasteiger charge is -2.23. The molecule has 1 saturated heterocycles. The number of carbonyl (C=O) groups is 2. The molecule has 35 heavy (non-hydrogen) atoms. The van der Waals surface area contributed by atoms with Crippen molar-refractivity contribution >= 4 is 33.9 Å². The van der Waals surface area contributed by atoms with Crippen molar-refractivity contribution in [2.45, 2.75) is 33.2 Å². The number of rotatable bonds is 8. The summed E-state index contributed by atoms with van der Waals surface area (Å²) < 4.78 is 11.1. The van der Waals surface area contributed by atoms with Gasteiger partial charge in [0.15, 0.2) is 0 Å². The fourth-order valence-corrected chi connectivity index (χ4v) is 4.53. The molecular formula is C26H27N3O5S. The molecule has 2 heterocycles. The summed E-state index contributed by atoms with van der Waals surface area (Å²) in [4.78, 5) is 27.7. The van der Waals surface area contributed by atoms with Crippen molar-refractivity contribution in [3.05, 3.63) is 70.2 Å². The van der Waals surface area contributed by atoms with Crippen LogP contribution in [0.25, 0.3) is 5.76 Å². The molecule has 1 aromatic heterocycles. The number of amides is 1. The van der Waals surface area contributed by atoms with E-state index in [0.717, 1.165) is 6.42 Å². The second-order valence-electron chi connectivity index (χ2n) is 8.60. The lowest BCUT2D eigenvalue weighted by molar-refractivity contribution is -0.132. The van der Waals surface area contributed by atoms with Crippen LogP contribution in [-0.2, 0) is 9.59 Å². The van der Waals surface area contributed by atoms with Gasteiger partial charge in [0.1, 0.15) is 22.3 Å². The van der Waals surface area contributed by atoms with Gasteiger partial charge in [0.2, 0.25) is 5.13 Å². The molecular weight excluding hydrogens is 466 g/mol. The number of methoxy groups -OCH3 is 1. The highest BCUT2D eigenvalue weighted by Gasteiger charge is 2.48. The van der Waals surface area contributed by atoms with Gasteiger partial charge in [0.05, 0.1) is 25.3 Å². The van der Waals surface area contributed by atoms with Crippen LogP contribution in [0.5, 0.6) is 11.5 Å². The Balaban J connectivity index is 1.82. The van der Waals surface area contributed by atoms with Gasteiger partial charge in [-0.1, -0.05) is 37.3 Å². The lowest BCUT2D eigenvalue weighted by Crippen LogP contribution is -2.29. The average Bonchev–Trinajstić information content (AvgIpc) is 3.39. The summed E-state index contributed by atoms with van der Waals surface area (Å²) in [6.07, 6.45) is 0.893. The van der Waals surface area contributed by atoms with Crippen LogP contribution in [0, 0.1) is 12.8 Å². The van der Waals surface area contributed by atoms with Gasteiger partial charge in [-0.2, -0.15) is 0 Å². The number of ether oxygens (including phenoxy) is 2. The first-order chi connectivity index (χ1) is 16.8. The maximum absolute atomic E-state index is 13.2. The molecule has 3 aromatic rings.